The Hall–Kier alpha value is -0.840. The fourth-order valence-corrected chi connectivity index (χ4v) is 3.84. The zero-order chi connectivity index (χ0) is 13.1. The second-order valence-corrected chi connectivity index (χ2v) is 6.45. The number of hydrogen-bond acceptors (Lipinski definition) is 2. The molecule has 2 nitrogen and oxygen atoms in total. The van der Waals surface area contributed by atoms with Crippen LogP contribution in [0.25, 0.3) is 0 Å². The number of halogens is 2. The molecule has 0 spiro atoms. The molecule has 1 unspecified atom stereocenters. The van der Waals surface area contributed by atoms with Gasteiger partial charge in [0.25, 0.3) is 0 Å². The molecular formula is C13H11BrClNOS. The molecule has 0 bridgehead atoms. The second kappa shape index (κ2) is 5.87. The predicted molar refractivity (Wildman–Crippen MR) is 80.1 cm³/mol. The van der Waals surface area contributed by atoms with Crippen molar-refractivity contribution in [3.8, 4) is 0 Å². The topological polar surface area (TPSA) is 43.1 Å². The molecule has 0 heterocycles. The van der Waals surface area contributed by atoms with Crippen molar-refractivity contribution in [2.45, 2.75) is 10.6 Å². The zero-order valence-electron chi connectivity index (χ0n) is 9.40. The van der Waals surface area contributed by atoms with Crippen molar-refractivity contribution in [1.29, 1.82) is 0 Å². The quantitative estimate of drug-likeness (QED) is 0.855. The molecule has 94 valence electrons. The highest BCUT2D eigenvalue weighted by Gasteiger charge is 2.11. The molecule has 2 aromatic rings. The van der Waals surface area contributed by atoms with E-state index in [1.165, 1.54) is 0 Å². The lowest BCUT2D eigenvalue weighted by atomic mass is 10.2. The van der Waals surface area contributed by atoms with E-state index >= 15 is 0 Å². The third kappa shape index (κ3) is 3.13. The van der Waals surface area contributed by atoms with Crippen molar-refractivity contribution < 1.29 is 4.21 Å². The highest BCUT2D eigenvalue weighted by Crippen LogP contribution is 2.25. The van der Waals surface area contributed by atoms with Crippen LogP contribution in [-0.2, 0) is 16.6 Å². The SMILES string of the molecule is Nc1ccc(Cl)c(CS(=O)c2ccccc2Br)c1. The minimum absolute atomic E-state index is 0.354. The number of nitrogens with two attached hydrogens (primary N) is 1. The van der Waals surface area contributed by atoms with Crippen LogP contribution in [0.3, 0.4) is 0 Å². The van der Waals surface area contributed by atoms with Gasteiger partial charge in [0.05, 0.1) is 21.4 Å². The number of rotatable bonds is 3. The molecule has 2 aromatic carbocycles. The summed E-state index contributed by atoms with van der Waals surface area (Å²) in [5, 5.41) is 0.588. The van der Waals surface area contributed by atoms with Gasteiger partial charge in [0.1, 0.15) is 0 Å². The van der Waals surface area contributed by atoms with E-state index in [1.54, 1.807) is 18.2 Å². The van der Waals surface area contributed by atoms with Crippen LogP contribution >= 0.6 is 27.5 Å². The van der Waals surface area contributed by atoms with Gasteiger partial charge >= 0.3 is 0 Å². The first-order valence-corrected chi connectivity index (χ1v) is 7.73. The Morgan fingerprint density at radius 2 is 1.94 bits per heavy atom. The molecule has 0 aliphatic heterocycles. The van der Waals surface area contributed by atoms with Crippen LogP contribution in [0.15, 0.2) is 51.8 Å². The Balaban J connectivity index is 2.27. The summed E-state index contributed by atoms with van der Waals surface area (Å²) < 4.78 is 13.1. The Kier molecular flexibility index (Phi) is 4.43. The first kappa shape index (κ1) is 13.6. The second-order valence-electron chi connectivity index (χ2n) is 3.77. The lowest BCUT2D eigenvalue weighted by Gasteiger charge is -2.07. The Bertz CT molecular complexity index is 603. The van der Waals surface area contributed by atoms with Crippen LogP contribution in [0.1, 0.15) is 5.56 Å². The summed E-state index contributed by atoms with van der Waals surface area (Å²) in [4.78, 5) is 0.760. The van der Waals surface area contributed by atoms with E-state index < -0.39 is 10.8 Å². The van der Waals surface area contributed by atoms with E-state index in [-0.39, 0.29) is 0 Å². The maximum atomic E-state index is 12.3. The van der Waals surface area contributed by atoms with Crippen LogP contribution < -0.4 is 5.73 Å². The van der Waals surface area contributed by atoms with Crippen LogP contribution in [0.2, 0.25) is 5.02 Å². The Morgan fingerprint density at radius 1 is 1.22 bits per heavy atom. The summed E-state index contributed by atoms with van der Waals surface area (Å²) in [5.74, 6) is 0.354. The third-order valence-electron chi connectivity index (χ3n) is 2.44. The van der Waals surface area contributed by atoms with Crippen molar-refractivity contribution >= 4 is 44.0 Å². The molecule has 0 radical (unpaired) electrons. The van der Waals surface area contributed by atoms with E-state index in [4.69, 9.17) is 17.3 Å². The normalized spacial score (nSPS) is 12.3. The number of anilines is 1. The number of benzene rings is 2. The number of hydrogen-bond donors (Lipinski definition) is 1. The fraction of sp³-hybridized carbons (Fsp3) is 0.0769. The molecule has 5 heteroatoms. The summed E-state index contributed by atoms with van der Waals surface area (Å²) >= 11 is 9.46. The van der Waals surface area contributed by atoms with Crippen molar-refractivity contribution in [2.75, 3.05) is 5.73 Å². The van der Waals surface area contributed by atoms with Crippen LogP contribution in [-0.4, -0.2) is 4.21 Å². The average Bonchev–Trinajstić information content (AvgIpc) is 2.34. The van der Waals surface area contributed by atoms with Gasteiger partial charge in [-0.15, -0.1) is 0 Å². The van der Waals surface area contributed by atoms with Crippen molar-refractivity contribution in [2.24, 2.45) is 0 Å². The largest absolute Gasteiger partial charge is 0.399 e. The molecule has 0 aliphatic carbocycles. The molecule has 0 fully saturated rings. The number of nitrogen functional groups attached to an aromatic ring is 1. The first-order valence-electron chi connectivity index (χ1n) is 5.25. The summed E-state index contributed by atoms with van der Waals surface area (Å²) in [5.41, 5.74) is 7.13. The molecule has 0 saturated carbocycles. The van der Waals surface area contributed by atoms with Gasteiger partial charge < -0.3 is 5.73 Å². The molecular weight excluding hydrogens is 334 g/mol. The van der Waals surface area contributed by atoms with E-state index in [0.29, 0.717) is 16.5 Å². The third-order valence-corrected chi connectivity index (χ3v) is 5.18. The molecule has 1 atom stereocenters. The van der Waals surface area contributed by atoms with Crippen LogP contribution in [0, 0.1) is 0 Å². The Morgan fingerprint density at radius 3 is 2.67 bits per heavy atom. The van der Waals surface area contributed by atoms with Gasteiger partial charge in [-0.05, 0) is 51.8 Å². The van der Waals surface area contributed by atoms with Gasteiger partial charge in [-0.1, -0.05) is 23.7 Å². The summed E-state index contributed by atoms with van der Waals surface area (Å²) in [6.07, 6.45) is 0. The van der Waals surface area contributed by atoms with Gasteiger partial charge in [0.15, 0.2) is 0 Å². The molecule has 0 saturated heterocycles. The maximum Gasteiger partial charge on any atom is 0.0586 e. The minimum Gasteiger partial charge on any atom is -0.399 e. The molecule has 0 aliphatic rings. The van der Waals surface area contributed by atoms with E-state index in [2.05, 4.69) is 15.9 Å². The average molecular weight is 345 g/mol. The van der Waals surface area contributed by atoms with Gasteiger partial charge in [-0.2, -0.15) is 0 Å². The first-order chi connectivity index (χ1) is 8.58. The summed E-state index contributed by atoms with van der Waals surface area (Å²) in [7, 11) is -1.15. The van der Waals surface area contributed by atoms with E-state index in [9.17, 15) is 4.21 Å². The highest BCUT2D eigenvalue weighted by atomic mass is 79.9. The van der Waals surface area contributed by atoms with Crippen LogP contribution in [0.4, 0.5) is 5.69 Å². The van der Waals surface area contributed by atoms with Gasteiger partial charge in [0, 0.05) is 15.2 Å². The summed E-state index contributed by atoms with van der Waals surface area (Å²) in [6.45, 7) is 0. The van der Waals surface area contributed by atoms with Crippen molar-refractivity contribution in [3.05, 3.63) is 57.5 Å². The standard InChI is InChI=1S/C13H11BrClNOS/c14-11-3-1-2-4-13(11)18(17)8-9-7-10(16)5-6-12(9)15/h1-7H,8,16H2. The monoisotopic (exact) mass is 343 g/mol. The Labute approximate surface area is 122 Å². The lowest BCUT2D eigenvalue weighted by Crippen LogP contribution is -1.99. The molecule has 18 heavy (non-hydrogen) atoms. The highest BCUT2D eigenvalue weighted by molar-refractivity contribution is 9.10. The summed E-state index contributed by atoms with van der Waals surface area (Å²) in [6, 6.07) is 12.7. The molecule has 0 amide bonds. The van der Waals surface area contributed by atoms with E-state index in [1.807, 2.05) is 24.3 Å². The van der Waals surface area contributed by atoms with Crippen molar-refractivity contribution in [3.63, 3.8) is 0 Å². The fourth-order valence-electron chi connectivity index (χ4n) is 1.55. The minimum atomic E-state index is -1.15. The van der Waals surface area contributed by atoms with Gasteiger partial charge in [0.2, 0.25) is 0 Å². The smallest absolute Gasteiger partial charge is 0.0586 e. The van der Waals surface area contributed by atoms with Gasteiger partial charge in [-0.25, -0.2) is 0 Å². The molecule has 0 aromatic heterocycles. The predicted octanol–water partition coefficient (Wildman–Crippen LogP) is 3.99. The lowest BCUT2D eigenvalue weighted by molar-refractivity contribution is 0.682. The van der Waals surface area contributed by atoms with Crippen LogP contribution in [0.5, 0.6) is 0 Å². The van der Waals surface area contributed by atoms with Gasteiger partial charge in [-0.3, -0.25) is 4.21 Å². The molecule has 2 N–H and O–H groups in total. The zero-order valence-corrected chi connectivity index (χ0v) is 12.6. The van der Waals surface area contributed by atoms with Crippen molar-refractivity contribution in [1.82, 2.24) is 0 Å². The maximum absolute atomic E-state index is 12.3. The molecule has 2 rings (SSSR count). The van der Waals surface area contributed by atoms with E-state index in [0.717, 1.165) is 14.9 Å².